The number of hydrogen-bond donors (Lipinski definition) is 1. The number of methoxy groups -OCH3 is 1. The van der Waals surface area contributed by atoms with Gasteiger partial charge in [-0.1, -0.05) is 11.2 Å². The highest BCUT2D eigenvalue weighted by Crippen LogP contribution is 2.39. The van der Waals surface area contributed by atoms with Crippen LogP contribution in [0.25, 0.3) is 33.3 Å². The van der Waals surface area contributed by atoms with E-state index in [-0.39, 0.29) is 16.5 Å². The molecule has 0 unspecified atom stereocenters. The van der Waals surface area contributed by atoms with Crippen LogP contribution in [0, 0.1) is 19.7 Å². The molecule has 0 saturated heterocycles. The molecule has 0 amide bonds. The predicted octanol–water partition coefficient (Wildman–Crippen LogP) is 5.52. The number of halogens is 1. The predicted molar refractivity (Wildman–Crippen MR) is 134 cm³/mol. The van der Waals surface area contributed by atoms with Gasteiger partial charge in [-0.2, -0.15) is 0 Å². The van der Waals surface area contributed by atoms with Crippen LogP contribution < -0.4 is 9.46 Å². The van der Waals surface area contributed by atoms with Crippen LogP contribution in [0.3, 0.4) is 0 Å². The number of benzene rings is 3. The van der Waals surface area contributed by atoms with E-state index in [2.05, 4.69) is 24.4 Å². The first-order chi connectivity index (χ1) is 17.3. The molecule has 182 valence electrons. The third-order valence-corrected chi connectivity index (χ3v) is 7.22. The van der Waals surface area contributed by atoms with Crippen molar-refractivity contribution in [3.63, 3.8) is 0 Å². The fraction of sp³-hybridized carbons (Fsp3) is 0.115. The van der Waals surface area contributed by atoms with Gasteiger partial charge >= 0.3 is 0 Å². The molecule has 2 aromatic heterocycles. The highest BCUT2D eigenvalue weighted by molar-refractivity contribution is 7.92. The fourth-order valence-electron chi connectivity index (χ4n) is 4.05. The molecule has 2 heterocycles. The maximum atomic E-state index is 13.8. The summed E-state index contributed by atoms with van der Waals surface area (Å²) in [5.74, 6) is 0.391. The van der Waals surface area contributed by atoms with E-state index in [0.29, 0.717) is 27.9 Å². The third kappa shape index (κ3) is 4.27. The number of aromatic nitrogens is 3. The van der Waals surface area contributed by atoms with Crippen LogP contribution >= 0.6 is 0 Å². The molecule has 3 aromatic carbocycles. The molecule has 36 heavy (non-hydrogen) atoms. The molecular formula is C26H21FN4O4S. The molecule has 1 N–H and O–H groups in total. The van der Waals surface area contributed by atoms with E-state index in [0.717, 1.165) is 22.3 Å². The van der Waals surface area contributed by atoms with E-state index in [1.165, 1.54) is 36.9 Å². The Bertz CT molecular complexity index is 1700. The molecule has 5 rings (SSSR count). The van der Waals surface area contributed by atoms with Gasteiger partial charge in [0.1, 0.15) is 24.2 Å². The SMILES string of the molecule is COc1cc(-c2ccc(F)c(C)c2)c(C)cc1-c1ncnc2cc(S(=O)(=O)Nc3ccon3)ccc12. The Morgan fingerprint density at radius 2 is 1.78 bits per heavy atom. The zero-order valence-electron chi connectivity index (χ0n) is 19.6. The molecule has 0 atom stereocenters. The van der Waals surface area contributed by atoms with Gasteiger partial charge in [-0.05, 0) is 78.6 Å². The molecule has 0 radical (unpaired) electrons. The van der Waals surface area contributed by atoms with Crippen LogP contribution in [0.4, 0.5) is 10.2 Å². The Kier molecular flexibility index (Phi) is 5.89. The number of rotatable bonds is 6. The van der Waals surface area contributed by atoms with Crippen LogP contribution in [-0.2, 0) is 10.0 Å². The van der Waals surface area contributed by atoms with Gasteiger partial charge in [0.05, 0.1) is 23.2 Å². The molecule has 10 heteroatoms. The average Bonchev–Trinajstić information content (AvgIpc) is 3.37. The number of hydrogen-bond acceptors (Lipinski definition) is 7. The first-order valence-electron chi connectivity index (χ1n) is 10.9. The average molecular weight is 505 g/mol. The lowest BCUT2D eigenvalue weighted by Gasteiger charge is -2.15. The van der Waals surface area contributed by atoms with Crippen LogP contribution in [0.1, 0.15) is 11.1 Å². The third-order valence-electron chi connectivity index (χ3n) is 5.87. The second kappa shape index (κ2) is 9.04. The van der Waals surface area contributed by atoms with E-state index in [1.54, 1.807) is 32.2 Å². The molecule has 0 aliphatic heterocycles. The highest BCUT2D eigenvalue weighted by atomic mass is 32.2. The van der Waals surface area contributed by atoms with E-state index in [4.69, 9.17) is 4.74 Å². The van der Waals surface area contributed by atoms with Crippen LogP contribution in [0.2, 0.25) is 0 Å². The monoisotopic (exact) mass is 504 g/mol. The van der Waals surface area contributed by atoms with Crippen LogP contribution in [0.15, 0.2) is 76.6 Å². The summed E-state index contributed by atoms with van der Waals surface area (Å²) < 4.78 is 52.1. The summed E-state index contributed by atoms with van der Waals surface area (Å²) in [6.45, 7) is 3.68. The molecule has 0 saturated carbocycles. The maximum absolute atomic E-state index is 13.8. The van der Waals surface area contributed by atoms with Gasteiger partial charge in [-0.25, -0.2) is 22.8 Å². The Morgan fingerprint density at radius 1 is 0.944 bits per heavy atom. The van der Waals surface area contributed by atoms with Crippen molar-refractivity contribution < 1.29 is 22.1 Å². The van der Waals surface area contributed by atoms with Crippen molar-refractivity contribution in [3.05, 3.63) is 84.1 Å². The van der Waals surface area contributed by atoms with Gasteiger partial charge in [0, 0.05) is 17.0 Å². The minimum Gasteiger partial charge on any atom is -0.496 e. The van der Waals surface area contributed by atoms with Crippen molar-refractivity contribution in [2.24, 2.45) is 0 Å². The maximum Gasteiger partial charge on any atom is 0.263 e. The zero-order valence-corrected chi connectivity index (χ0v) is 20.4. The first kappa shape index (κ1) is 23.4. The van der Waals surface area contributed by atoms with E-state index in [9.17, 15) is 12.8 Å². The Balaban J connectivity index is 1.60. The summed E-state index contributed by atoms with van der Waals surface area (Å²) in [4.78, 5) is 8.79. The summed E-state index contributed by atoms with van der Waals surface area (Å²) in [6.07, 6.45) is 2.65. The molecule has 0 aliphatic carbocycles. The summed E-state index contributed by atoms with van der Waals surface area (Å²) in [5, 5.41) is 4.24. The normalized spacial score (nSPS) is 11.6. The molecule has 0 aliphatic rings. The van der Waals surface area contributed by atoms with Gasteiger partial charge in [-0.3, -0.25) is 4.72 Å². The van der Waals surface area contributed by atoms with Crippen LogP contribution in [0.5, 0.6) is 5.75 Å². The van der Waals surface area contributed by atoms with Crippen molar-refractivity contribution in [1.29, 1.82) is 0 Å². The smallest absolute Gasteiger partial charge is 0.263 e. The molecular weight excluding hydrogens is 483 g/mol. The Labute approximate surface area is 206 Å². The Hall–Kier alpha value is -4.31. The minimum absolute atomic E-state index is 0.0211. The summed E-state index contributed by atoms with van der Waals surface area (Å²) in [7, 11) is -2.33. The number of sulfonamides is 1. The number of aryl methyl sites for hydroxylation is 2. The van der Waals surface area contributed by atoms with Gasteiger partial charge in [0.25, 0.3) is 10.0 Å². The van der Waals surface area contributed by atoms with Crippen molar-refractivity contribution >= 4 is 26.7 Å². The van der Waals surface area contributed by atoms with Crippen molar-refractivity contribution in [2.75, 3.05) is 11.8 Å². The Morgan fingerprint density at radius 3 is 2.50 bits per heavy atom. The second-order valence-electron chi connectivity index (χ2n) is 8.22. The van der Waals surface area contributed by atoms with Gasteiger partial charge < -0.3 is 9.26 Å². The van der Waals surface area contributed by atoms with E-state index in [1.807, 2.05) is 19.1 Å². The first-order valence-corrected chi connectivity index (χ1v) is 12.4. The standard InChI is InChI=1S/C26H21FN4O4S/c1-15-11-21(24(34-3)13-20(15)17-4-7-22(27)16(2)10-17)26-19-6-5-18(12-23(19)28-14-29-26)36(32,33)31-25-8-9-35-30-25/h4-14H,1-3H3,(H,30,31). The van der Waals surface area contributed by atoms with Crippen molar-refractivity contribution in [1.82, 2.24) is 15.1 Å². The summed E-state index contributed by atoms with van der Waals surface area (Å²) >= 11 is 0. The van der Waals surface area contributed by atoms with Crippen molar-refractivity contribution in [3.8, 4) is 28.1 Å². The van der Waals surface area contributed by atoms with Gasteiger partial charge in [0.15, 0.2) is 5.82 Å². The number of ether oxygens (including phenoxy) is 1. The number of anilines is 1. The zero-order chi connectivity index (χ0) is 25.4. The molecule has 8 nitrogen and oxygen atoms in total. The molecule has 0 spiro atoms. The molecule has 5 aromatic rings. The van der Waals surface area contributed by atoms with Crippen LogP contribution in [-0.4, -0.2) is 30.7 Å². The van der Waals surface area contributed by atoms with E-state index < -0.39 is 10.0 Å². The largest absolute Gasteiger partial charge is 0.496 e. The topological polar surface area (TPSA) is 107 Å². The fourth-order valence-corrected chi connectivity index (χ4v) is 5.06. The second-order valence-corrected chi connectivity index (χ2v) is 9.91. The number of nitrogens with zero attached hydrogens (tertiary/aromatic N) is 3. The highest BCUT2D eigenvalue weighted by Gasteiger charge is 2.20. The number of nitrogens with one attached hydrogen (secondary N) is 1. The minimum atomic E-state index is -3.90. The lowest BCUT2D eigenvalue weighted by Crippen LogP contribution is -2.13. The quantitative estimate of drug-likeness (QED) is 0.325. The lowest BCUT2D eigenvalue weighted by molar-refractivity contribution is 0.416. The number of fused-ring (bicyclic) bond motifs is 1. The molecule has 0 fully saturated rings. The molecule has 0 bridgehead atoms. The summed E-state index contributed by atoms with van der Waals surface area (Å²) in [6, 6.07) is 14.8. The van der Waals surface area contributed by atoms with E-state index >= 15 is 0 Å². The van der Waals surface area contributed by atoms with Gasteiger partial charge in [-0.15, -0.1) is 0 Å². The summed E-state index contributed by atoms with van der Waals surface area (Å²) in [5.41, 5.74) is 5.04. The van der Waals surface area contributed by atoms with Crippen molar-refractivity contribution in [2.45, 2.75) is 18.7 Å². The van der Waals surface area contributed by atoms with Gasteiger partial charge in [0.2, 0.25) is 0 Å². The lowest BCUT2D eigenvalue weighted by atomic mass is 9.94.